The van der Waals surface area contributed by atoms with E-state index < -0.39 is 0 Å². The van der Waals surface area contributed by atoms with Gasteiger partial charge in [0, 0.05) is 0 Å². The summed E-state index contributed by atoms with van der Waals surface area (Å²) >= 11 is 0. The van der Waals surface area contributed by atoms with Crippen LogP contribution in [0.4, 0.5) is 0 Å². The van der Waals surface area contributed by atoms with Crippen LogP contribution < -0.4 is 4.74 Å². The Hall–Kier alpha value is -3.27. The summed E-state index contributed by atoms with van der Waals surface area (Å²) in [5.74, 6) is 2.61. The van der Waals surface area contributed by atoms with Crippen molar-refractivity contribution < 1.29 is 9.15 Å². The minimum atomic E-state index is 0.576. The molecule has 0 aliphatic rings. The van der Waals surface area contributed by atoms with Gasteiger partial charge in [-0.1, -0.05) is 30.3 Å². The van der Waals surface area contributed by atoms with Gasteiger partial charge in [-0.05, 0) is 55.0 Å². The highest BCUT2D eigenvalue weighted by atomic mass is 16.5. The van der Waals surface area contributed by atoms with Gasteiger partial charge in [0.2, 0.25) is 0 Å². The van der Waals surface area contributed by atoms with Crippen LogP contribution in [0.25, 0.3) is 23.2 Å². The van der Waals surface area contributed by atoms with Crippen LogP contribution in [0.5, 0.6) is 5.75 Å². The van der Waals surface area contributed by atoms with Crippen molar-refractivity contribution in [1.82, 2.24) is 9.55 Å². The average Bonchev–Trinajstić information content (AvgIpc) is 3.29. The molecule has 0 bridgehead atoms. The Morgan fingerprint density at radius 3 is 2.69 bits per heavy atom. The van der Waals surface area contributed by atoms with E-state index in [2.05, 4.69) is 23.6 Å². The normalized spacial score (nSPS) is 11.4. The number of aromatic nitrogens is 2. The summed E-state index contributed by atoms with van der Waals surface area (Å²) in [4.78, 5) is 4.73. The van der Waals surface area contributed by atoms with Crippen molar-refractivity contribution >= 4 is 23.2 Å². The van der Waals surface area contributed by atoms with Crippen LogP contribution in [-0.2, 0) is 6.54 Å². The number of benzene rings is 2. The smallest absolute Gasteiger partial charge is 0.134 e. The number of fused-ring (bicyclic) bond motifs is 1. The molecule has 0 fully saturated rings. The summed E-state index contributed by atoms with van der Waals surface area (Å²) in [6.07, 6.45) is 5.57. The molecule has 130 valence electrons. The highest BCUT2D eigenvalue weighted by Crippen LogP contribution is 2.20. The second kappa shape index (κ2) is 7.31. The van der Waals surface area contributed by atoms with Gasteiger partial charge in [0.15, 0.2) is 0 Å². The Bertz CT molecular complexity index is 1030. The van der Waals surface area contributed by atoms with Gasteiger partial charge in [-0.3, -0.25) is 0 Å². The molecule has 0 aliphatic carbocycles. The second-order valence-corrected chi connectivity index (χ2v) is 6.07. The molecule has 4 heteroatoms. The van der Waals surface area contributed by atoms with E-state index in [0.29, 0.717) is 13.2 Å². The van der Waals surface area contributed by atoms with E-state index in [-0.39, 0.29) is 0 Å². The molecule has 26 heavy (non-hydrogen) atoms. The topological polar surface area (TPSA) is 40.2 Å². The molecule has 4 nitrogen and oxygen atoms in total. The maximum atomic E-state index is 5.97. The van der Waals surface area contributed by atoms with E-state index in [4.69, 9.17) is 14.1 Å². The largest absolute Gasteiger partial charge is 0.491 e. The van der Waals surface area contributed by atoms with E-state index in [0.717, 1.165) is 33.9 Å². The zero-order chi connectivity index (χ0) is 17.8. The molecule has 0 N–H and O–H groups in total. The maximum absolute atomic E-state index is 5.97. The molecule has 0 atom stereocenters. The highest BCUT2D eigenvalue weighted by Gasteiger charge is 2.09. The number of hydrogen-bond acceptors (Lipinski definition) is 3. The molecule has 0 saturated heterocycles. The number of nitrogens with zero attached hydrogens (tertiary/aromatic N) is 2. The zero-order valence-corrected chi connectivity index (χ0v) is 14.6. The molecule has 4 aromatic rings. The lowest BCUT2D eigenvalue weighted by molar-refractivity contribution is 0.298. The first-order valence-electron chi connectivity index (χ1n) is 8.66. The van der Waals surface area contributed by atoms with Crippen molar-refractivity contribution in [2.45, 2.75) is 13.5 Å². The summed E-state index contributed by atoms with van der Waals surface area (Å²) in [7, 11) is 0. The number of rotatable bonds is 6. The van der Waals surface area contributed by atoms with Gasteiger partial charge >= 0.3 is 0 Å². The SMILES string of the molecule is Cc1ccccc1OCCn1c(/C=C/c2ccco2)nc2ccccc21. The number of aryl methyl sites for hydroxylation is 1. The predicted octanol–water partition coefficient (Wildman–Crippen LogP) is 5.19. The molecule has 0 saturated carbocycles. The van der Waals surface area contributed by atoms with Crippen molar-refractivity contribution in [3.05, 3.63) is 84.1 Å². The minimum absolute atomic E-state index is 0.576. The minimum Gasteiger partial charge on any atom is -0.491 e. The van der Waals surface area contributed by atoms with Gasteiger partial charge in [0.1, 0.15) is 23.9 Å². The van der Waals surface area contributed by atoms with E-state index in [1.807, 2.05) is 60.7 Å². The molecule has 0 unspecified atom stereocenters. The molecule has 2 aromatic carbocycles. The standard InChI is InChI=1S/C22H20N2O2/c1-17-7-2-5-11-21(17)26-16-14-24-20-10-4-3-9-19(20)23-22(24)13-12-18-8-6-15-25-18/h2-13,15H,14,16H2,1H3/b13-12+. The van der Waals surface area contributed by atoms with Gasteiger partial charge in [0.25, 0.3) is 0 Å². The number of imidazole rings is 1. The van der Waals surface area contributed by atoms with Crippen LogP contribution in [0.1, 0.15) is 17.1 Å². The fraction of sp³-hybridized carbons (Fsp3) is 0.136. The first-order chi connectivity index (χ1) is 12.8. The fourth-order valence-electron chi connectivity index (χ4n) is 2.96. The Kier molecular flexibility index (Phi) is 4.56. The molecule has 0 spiro atoms. The summed E-state index contributed by atoms with van der Waals surface area (Å²) in [5, 5.41) is 0. The zero-order valence-electron chi connectivity index (χ0n) is 14.6. The fourth-order valence-corrected chi connectivity index (χ4v) is 2.96. The van der Waals surface area contributed by atoms with Gasteiger partial charge in [-0.15, -0.1) is 0 Å². The molecule has 0 amide bonds. The Morgan fingerprint density at radius 1 is 1.00 bits per heavy atom. The highest BCUT2D eigenvalue weighted by molar-refractivity contribution is 5.79. The van der Waals surface area contributed by atoms with Crippen molar-refractivity contribution in [1.29, 1.82) is 0 Å². The van der Waals surface area contributed by atoms with Gasteiger partial charge in [0.05, 0.1) is 23.8 Å². The van der Waals surface area contributed by atoms with E-state index in [1.165, 1.54) is 0 Å². The Morgan fingerprint density at radius 2 is 1.85 bits per heavy atom. The summed E-state index contributed by atoms with van der Waals surface area (Å²) < 4.78 is 13.5. The lowest BCUT2D eigenvalue weighted by atomic mass is 10.2. The monoisotopic (exact) mass is 344 g/mol. The van der Waals surface area contributed by atoms with Crippen LogP contribution in [0.2, 0.25) is 0 Å². The second-order valence-electron chi connectivity index (χ2n) is 6.07. The number of hydrogen-bond donors (Lipinski definition) is 0. The van der Waals surface area contributed by atoms with E-state index in [1.54, 1.807) is 6.26 Å². The van der Waals surface area contributed by atoms with Crippen LogP contribution in [0.15, 0.2) is 71.3 Å². The first kappa shape index (κ1) is 16.2. The van der Waals surface area contributed by atoms with Gasteiger partial charge in [-0.25, -0.2) is 4.98 Å². The predicted molar refractivity (Wildman–Crippen MR) is 104 cm³/mol. The molecular formula is C22H20N2O2. The Labute approximate surface area is 152 Å². The van der Waals surface area contributed by atoms with Crippen molar-refractivity contribution in [2.75, 3.05) is 6.61 Å². The first-order valence-corrected chi connectivity index (χ1v) is 8.66. The van der Waals surface area contributed by atoms with Crippen molar-refractivity contribution in [3.63, 3.8) is 0 Å². The van der Waals surface area contributed by atoms with E-state index in [9.17, 15) is 0 Å². The van der Waals surface area contributed by atoms with Crippen LogP contribution in [0.3, 0.4) is 0 Å². The molecular weight excluding hydrogens is 324 g/mol. The molecule has 2 heterocycles. The quantitative estimate of drug-likeness (QED) is 0.483. The van der Waals surface area contributed by atoms with Gasteiger partial charge in [-0.2, -0.15) is 0 Å². The molecule has 0 aliphatic heterocycles. The maximum Gasteiger partial charge on any atom is 0.134 e. The Balaban J connectivity index is 1.58. The number of ether oxygens (including phenoxy) is 1. The molecule has 0 radical (unpaired) electrons. The third kappa shape index (κ3) is 3.40. The summed E-state index contributed by atoms with van der Waals surface area (Å²) in [6.45, 7) is 3.35. The van der Waals surface area contributed by atoms with Crippen LogP contribution >= 0.6 is 0 Å². The lowest BCUT2D eigenvalue weighted by Crippen LogP contribution is -2.10. The van der Waals surface area contributed by atoms with Crippen molar-refractivity contribution in [3.8, 4) is 5.75 Å². The molecule has 2 aromatic heterocycles. The van der Waals surface area contributed by atoms with Crippen LogP contribution in [0, 0.1) is 6.92 Å². The van der Waals surface area contributed by atoms with Crippen LogP contribution in [-0.4, -0.2) is 16.2 Å². The molecule has 4 rings (SSSR count). The number of furan rings is 1. The average molecular weight is 344 g/mol. The van der Waals surface area contributed by atoms with Gasteiger partial charge < -0.3 is 13.7 Å². The van der Waals surface area contributed by atoms with Crippen molar-refractivity contribution in [2.24, 2.45) is 0 Å². The number of para-hydroxylation sites is 3. The summed E-state index contributed by atoms with van der Waals surface area (Å²) in [6, 6.07) is 20.0. The lowest BCUT2D eigenvalue weighted by Gasteiger charge is -2.11. The summed E-state index contributed by atoms with van der Waals surface area (Å²) in [5.41, 5.74) is 3.21. The third-order valence-corrected chi connectivity index (χ3v) is 4.29. The third-order valence-electron chi connectivity index (χ3n) is 4.29. The van der Waals surface area contributed by atoms with E-state index >= 15 is 0 Å².